The zero-order valence-corrected chi connectivity index (χ0v) is 18.6. The number of imidazole rings is 1. The van der Waals surface area contributed by atoms with Crippen molar-refractivity contribution in [2.45, 2.75) is 32.2 Å². The van der Waals surface area contributed by atoms with Gasteiger partial charge >= 0.3 is 0 Å². The van der Waals surface area contributed by atoms with Crippen LogP contribution in [0.5, 0.6) is 0 Å². The number of aryl methyl sites for hydroxylation is 2. The summed E-state index contributed by atoms with van der Waals surface area (Å²) in [7, 11) is 0. The molecule has 1 atom stereocenters. The van der Waals surface area contributed by atoms with Crippen LogP contribution in [0.4, 0.5) is 5.82 Å². The van der Waals surface area contributed by atoms with E-state index in [1.165, 1.54) is 23.1 Å². The largest absolute Gasteiger partial charge is 0.363 e. The normalized spacial score (nSPS) is 15.4. The lowest BCUT2D eigenvalue weighted by molar-refractivity contribution is 0.598. The molecule has 3 heterocycles. The molecule has 0 saturated heterocycles. The van der Waals surface area contributed by atoms with E-state index in [1.807, 2.05) is 28.9 Å². The second kappa shape index (κ2) is 8.17. The van der Waals surface area contributed by atoms with E-state index < -0.39 is 0 Å². The van der Waals surface area contributed by atoms with Gasteiger partial charge in [-0.3, -0.25) is 0 Å². The number of hydrogen-bond donors (Lipinski definition) is 1. The van der Waals surface area contributed by atoms with Crippen molar-refractivity contribution >= 4 is 11.5 Å². The SMILES string of the molecule is Cc1cccc(-c2nc3cccnn3c2-c2ccnc(NC3CCCc4ccccc43)c2)c1. The topological polar surface area (TPSA) is 55.1 Å². The van der Waals surface area contributed by atoms with Gasteiger partial charge < -0.3 is 5.32 Å². The molecule has 0 aliphatic heterocycles. The van der Waals surface area contributed by atoms with Gasteiger partial charge in [0.2, 0.25) is 0 Å². The minimum atomic E-state index is 0.272. The van der Waals surface area contributed by atoms with Gasteiger partial charge in [0, 0.05) is 23.5 Å². The van der Waals surface area contributed by atoms with Crippen molar-refractivity contribution in [2.75, 3.05) is 5.32 Å². The van der Waals surface area contributed by atoms with Crippen molar-refractivity contribution in [2.24, 2.45) is 0 Å². The molecule has 1 N–H and O–H groups in total. The third-order valence-corrected chi connectivity index (χ3v) is 6.41. The summed E-state index contributed by atoms with van der Waals surface area (Å²) in [5, 5.41) is 8.31. The minimum Gasteiger partial charge on any atom is -0.363 e. The number of hydrogen-bond acceptors (Lipinski definition) is 4. The monoisotopic (exact) mass is 431 g/mol. The summed E-state index contributed by atoms with van der Waals surface area (Å²) >= 11 is 0. The Balaban J connectivity index is 1.44. The zero-order chi connectivity index (χ0) is 22.2. The average molecular weight is 432 g/mol. The van der Waals surface area contributed by atoms with Crippen LogP contribution in [0, 0.1) is 6.92 Å². The Labute approximate surface area is 193 Å². The van der Waals surface area contributed by atoms with Crippen LogP contribution in [0.3, 0.4) is 0 Å². The molecule has 1 aliphatic rings. The Morgan fingerprint density at radius 3 is 2.79 bits per heavy atom. The van der Waals surface area contributed by atoms with E-state index in [0.717, 1.165) is 46.8 Å². The van der Waals surface area contributed by atoms with E-state index in [2.05, 4.69) is 76.9 Å². The molecule has 5 aromatic rings. The van der Waals surface area contributed by atoms with Crippen molar-refractivity contribution in [1.29, 1.82) is 0 Å². The predicted octanol–water partition coefficient (Wildman–Crippen LogP) is 6.26. The van der Waals surface area contributed by atoms with E-state index in [9.17, 15) is 0 Å². The maximum Gasteiger partial charge on any atom is 0.154 e. The van der Waals surface area contributed by atoms with Crippen LogP contribution in [0.1, 0.15) is 35.6 Å². The van der Waals surface area contributed by atoms with Crippen LogP contribution in [-0.2, 0) is 6.42 Å². The van der Waals surface area contributed by atoms with Crippen LogP contribution in [0.15, 0.2) is 85.2 Å². The highest BCUT2D eigenvalue weighted by Gasteiger charge is 2.21. The summed E-state index contributed by atoms with van der Waals surface area (Å²) in [6.07, 6.45) is 7.11. The number of nitrogens with zero attached hydrogens (tertiary/aromatic N) is 4. The number of nitrogens with one attached hydrogen (secondary N) is 1. The molecule has 0 saturated carbocycles. The maximum absolute atomic E-state index is 4.94. The third-order valence-electron chi connectivity index (χ3n) is 6.41. The highest BCUT2D eigenvalue weighted by Crippen LogP contribution is 2.35. The molecule has 0 amide bonds. The first-order valence-electron chi connectivity index (χ1n) is 11.5. The third kappa shape index (κ3) is 3.65. The standard InChI is InChI=1S/C28H25N5/c1-19-7-4-10-21(17-19)27-28(33-26(32-27)13-6-15-30-33)22-14-16-29-25(18-22)31-24-12-5-9-20-8-2-3-11-23(20)24/h2-4,6-8,10-11,13-18,24H,5,9,12H2,1H3,(H,29,31). The van der Waals surface area contributed by atoms with Gasteiger partial charge in [-0.25, -0.2) is 14.5 Å². The molecular weight excluding hydrogens is 406 g/mol. The molecular formula is C28H25N5. The molecule has 33 heavy (non-hydrogen) atoms. The molecule has 6 rings (SSSR count). The van der Waals surface area contributed by atoms with Crippen molar-refractivity contribution in [1.82, 2.24) is 19.6 Å². The molecule has 5 heteroatoms. The Hall–Kier alpha value is -3.99. The van der Waals surface area contributed by atoms with E-state index in [1.54, 1.807) is 6.20 Å². The molecule has 1 aliphatic carbocycles. The summed E-state index contributed by atoms with van der Waals surface area (Å²) in [4.78, 5) is 9.59. The average Bonchev–Trinajstić information content (AvgIpc) is 3.24. The molecule has 0 radical (unpaired) electrons. The van der Waals surface area contributed by atoms with Crippen LogP contribution in [0.2, 0.25) is 0 Å². The molecule has 0 bridgehead atoms. The summed E-state index contributed by atoms with van der Waals surface area (Å²) in [5.41, 5.74) is 8.89. The quantitative estimate of drug-likeness (QED) is 0.365. The molecule has 5 nitrogen and oxygen atoms in total. The minimum absolute atomic E-state index is 0.272. The summed E-state index contributed by atoms with van der Waals surface area (Å²) in [5.74, 6) is 0.871. The number of aromatic nitrogens is 4. The Bertz CT molecular complexity index is 1450. The smallest absolute Gasteiger partial charge is 0.154 e. The second-order valence-corrected chi connectivity index (χ2v) is 8.69. The molecule has 0 fully saturated rings. The van der Waals surface area contributed by atoms with Gasteiger partial charge in [-0.2, -0.15) is 5.10 Å². The van der Waals surface area contributed by atoms with Gasteiger partial charge in [-0.15, -0.1) is 0 Å². The predicted molar refractivity (Wildman–Crippen MR) is 132 cm³/mol. The number of fused-ring (bicyclic) bond motifs is 2. The fraction of sp³-hybridized carbons (Fsp3) is 0.179. The fourth-order valence-electron chi connectivity index (χ4n) is 4.88. The summed E-state index contributed by atoms with van der Waals surface area (Å²) in [6.45, 7) is 2.10. The zero-order valence-electron chi connectivity index (χ0n) is 18.6. The molecule has 1 unspecified atom stereocenters. The Kier molecular flexibility index (Phi) is 4.87. The number of pyridine rings is 1. The highest BCUT2D eigenvalue weighted by atomic mass is 15.3. The number of benzene rings is 2. The van der Waals surface area contributed by atoms with Crippen LogP contribution < -0.4 is 5.32 Å². The Morgan fingerprint density at radius 1 is 0.909 bits per heavy atom. The molecule has 162 valence electrons. The van der Waals surface area contributed by atoms with Gasteiger partial charge in [-0.1, -0.05) is 48.0 Å². The van der Waals surface area contributed by atoms with Crippen molar-refractivity contribution in [3.8, 4) is 22.5 Å². The summed E-state index contributed by atoms with van der Waals surface area (Å²) in [6, 6.07) is 25.5. The molecule has 0 spiro atoms. The van der Waals surface area contributed by atoms with Crippen molar-refractivity contribution in [3.05, 3.63) is 102 Å². The van der Waals surface area contributed by atoms with Gasteiger partial charge in [0.1, 0.15) is 11.5 Å². The van der Waals surface area contributed by atoms with Gasteiger partial charge in [-0.05, 0) is 67.6 Å². The van der Waals surface area contributed by atoms with Gasteiger partial charge in [0.05, 0.1) is 11.7 Å². The Morgan fingerprint density at radius 2 is 1.85 bits per heavy atom. The first-order valence-corrected chi connectivity index (χ1v) is 11.5. The maximum atomic E-state index is 4.94. The van der Waals surface area contributed by atoms with E-state index >= 15 is 0 Å². The van der Waals surface area contributed by atoms with E-state index in [0.29, 0.717) is 0 Å². The summed E-state index contributed by atoms with van der Waals surface area (Å²) < 4.78 is 1.92. The fourth-order valence-corrected chi connectivity index (χ4v) is 4.88. The first-order chi connectivity index (χ1) is 16.3. The van der Waals surface area contributed by atoms with Crippen molar-refractivity contribution in [3.63, 3.8) is 0 Å². The van der Waals surface area contributed by atoms with E-state index in [4.69, 9.17) is 4.98 Å². The van der Waals surface area contributed by atoms with Crippen LogP contribution in [-0.4, -0.2) is 19.6 Å². The van der Waals surface area contributed by atoms with Gasteiger partial charge in [0.15, 0.2) is 5.65 Å². The van der Waals surface area contributed by atoms with E-state index in [-0.39, 0.29) is 6.04 Å². The molecule has 2 aromatic carbocycles. The highest BCUT2D eigenvalue weighted by molar-refractivity contribution is 5.82. The molecule has 3 aromatic heterocycles. The lowest BCUT2D eigenvalue weighted by Crippen LogP contribution is -2.17. The first kappa shape index (κ1) is 19.7. The second-order valence-electron chi connectivity index (χ2n) is 8.69. The van der Waals surface area contributed by atoms with Crippen LogP contribution >= 0.6 is 0 Å². The van der Waals surface area contributed by atoms with Crippen molar-refractivity contribution < 1.29 is 0 Å². The number of rotatable bonds is 4. The van der Waals surface area contributed by atoms with Gasteiger partial charge in [0.25, 0.3) is 0 Å². The lowest BCUT2D eigenvalue weighted by Gasteiger charge is -2.26. The van der Waals surface area contributed by atoms with Crippen LogP contribution in [0.25, 0.3) is 28.2 Å². The lowest BCUT2D eigenvalue weighted by atomic mass is 9.88. The number of anilines is 1.